The van der Waals surface area contributed by atoms with Gasteiger partial charge >= 0.3 is 0 Å². The Morgan fingerprint density at radius 2 is 1.57 bits per heavy atom. The van der Waals surface area contributed by atoms with Gasteiger partial charge in [-0.2, -0.15) is 0 Å². The Morgan fingerprint density at radius 1 is 1.00 bits per heavy atom. The smallest absolute Gasteiger partial charge is 0.253 e. The number of carbonyl (C=O) groups is 2. The molecule has 1 heterocycles. The van der Waals surface area contributed by atoms with Gasteiger partial charge in [0.15, 0.2) is 0 Å². The van der Waals surface area contributed by atoms with Gasteiger partial charge in [-0.15, -0.1) is 0 Å². The molecular formula is C18H27N3O2. The highest BCUT2D eigenvalue weighted by molar-refractivity contribution is 5.97. The van der Waals surface area contributed by atoms with Crippen molar-refractivity contribution in [2.75, 3.05) is 40.3 Å². The molecule has 5 nitrogen and oxygen atoms in total. The lowest BCUT2D eigenvalue weighted by atomic mass is 10.1. The first kappa shape index (κ1) is 17.5. The molecule has 1 aromatic rings. The molecule has 0 spiro atoms. The average molecular weight is 317 g/mol. The molecule has 23 heavy (non-hydrogen) atoms. The number of benzene rings is 1. The first-order valence-corrected chi connectivity index (χ1v) is 8.40. The van der Waals surface area contributed by atoms with E-state index in [0.717, 1.165) is 32.5 Å². The van der Waals surface area contributed by atoms with E-state index in [1.165, 1.54) is 12.8 Å². The van der Waals surface area contributed by atoms with E-state index in [9.17, 15) is 9.59 Å². The summed E-state index contributed by atoms with van der Waals surface area (Å²) in [6.45, 7) is 3.09. The highest BCUT2D eigenvalue weighted by Crippen LogP contribution is 2.14. The maximum atomic E-state index is 12.5. The van der Waals surface area contributed by atoms with Crippen LogP contribution in [0.2, 0.25) is 0 Å². The standard InChI is InChI=1S/C18H27N3O2/c1-20(2)14-11-19-17(22)15-7-9-16(10-8-15)18(23)21-12-5-3-4-6-13-21/h7-10H,3-6,11-14H2,1-2H3,(H,19,22). The van der Waals surface area contributed by atoms with E-state index >= 15 is 0 Å². The van der Waals surface area contributed by atoms with Crippen LogP contribution in [0.15, 0.2) is 24.3 Å². The molecule has 0 aliphatic carbocycles. The fourth-order valence-corrected chi connectivity index (χ4v) is 2.72. The molecule has 1 aliphatic rings. The van der Waals surface area contributed by atoms with Crippen molar-refractivity contribution in [2.45, 2.75) is 25.7 Å². The normalized spacial score (nSPS) is 15.3. The lowest BCUT2D eigenvalue weighted by Crippen LogP contribution is -2.32. The number of hydrogen-bond acceptors (Lipinski definition) is 3. The molecule has 0 aromatic heterocycles. The van der Waals surface area contributed by atoms with Gasteiger partial charge in [0, 0.05) is 37.3 Å². The highest BCUT2D eigenvalue weighted by Gasteiger charge is 2.17. The third kappa shape index (κ3) is 5.36. The SMILES string of the molecule is CN(C)CCNC(=O)c1ccc(C(=O)N2CCCCCC2)cc1. The molecule has 0 radical (unpaired) electrons. The van der Waals surface area contributed by atoms with Crippen LogP contribution in [0.3, 0.4) is 0 Å². The number of nitrogens with one attached hydrogen (secondary N) is 1. The summed E-state index contributed by atoms with van der Waals surface area (Å²) in [4.78, 5) is 28.5. The number of likely N-dealkylation sites (N-methyl/N-ethyl adjacent to an activating group) is 1. The Hall–Kier alpha value is -1.88. The van der Waals surface area contributed by atoms with Crippen molar-refractivity contribution < 1.29 is 9.59 Å². The third-order valence-corrected chi connectivity index (χ3v) is 4.13. The minimum absolute atomic E-state index is 0.0754. The highest BCUT2D eigenvalue weighted by atomic mass is 16.2. The van der Waals surface area contributed by atoms with E-state index in [2.05, 4.69) is 5.32 Å². The summed E-state index contributed by atoms with van der Waals surface area (Å²) < 4.78 is 0. The second-order valence-electron chi connectivity index (χ2n) is 6.34. The van der Waals surface area contributed by atoms with E-state index in [1.54, 1.807) is 24.3 Å². The van der Waals surface area contributed by atoms with E-state index in [4.69, 9.17) is 0 Å². The molecule has 0 saturated carbocycles. The second-order valence-corrected chi connectivity index (χ2v) is 6.34. The van der Waals surface area contributed by atoms with Crippen molar-refractivity contribution in [1.29, 1.82) is 0 Å². The molecule has 2 amide bonds. The molecule has 1 saturated heterocycles. The van der Waals surface area contributed by atoms with Gasteiger partial charge in [0.05, 0.1) is 0 Å². The van der Waals surface area contributed by atoms with Crippen molar-refractivity contribution in [3.05, 3.63) is 35.4 Å². The fourth-order valence-electron chi connectivity index (χ4n) is 2.72. The monoisotopic (exact) mass is 317 g/mol. The van der Waals surface area contributed by atoms with Gasteiger partial charge < -0.3 is 15.1 Å². The van der Waals surface area contributed by atoms with Crippen molar-refractivity contribution >= 4 is 11.8 Å². The van der Waals surface area contributed by atoms with Crippen LogP contribution in [0.5, 0.6) is 0 Å². The Bertz CT molecular complexity index is 518. The van der Waals surface area contributed by atoms with Gasteiger partial charge in [-0.05, 0) is 51.2 Å². The quantitative estimate of drug-likeness (QED) is 0.903. The maximum absolute atomic E-state index is 12.5. The maximum Gasteiger partial charge on any atom is 0.253 e. The predicted octanol–water partition coefficient (Wildman–Crippen LogP) is 1.99. The molecule has 0 bridgehead atoms. The van der Waals surface area contributed by atoms with E-state index in [1.807, 2.05) is 23.9 Å². The molecule has 2 rings (SSSR count). The molecule has 1 fully saturated rings. The molecule has 1 aromatic carbocycles. The van der Waals surface area contributed by atoms with Crippen LogP contribution in [-0.4, -0.2) is 61.9 Å². The van der Waals surface area contributed by atoms with Crippen molar-refractivity contribution in [3.63, 3.8) is 0 Å². The Balaban J connectivity index is 1.92. The molecule has 1 N–H and O–H groups in total. The summed E-state index contributed by atoms with van der Waals surface area (Å²) in [5.41, 5.74) is 1.26. The van der Waals surface area contributed by atoms with Crippen LogP contribution in [0, 0.1) is 0 Å². The van der Waals surface area contributed by atoms with Gasteiger partial charge in [-0.3, -0.25) is 9.59 Å². The summed E-state index contributed by atoms with van der Waals surface area (Å²) in [5.74, 6) is -0.0212. The van der Waals surface area contributed by atoms with Crippen molar-refractivity contribution in [3.8, 4) is 0 Å². The summed E-state index contributed by atoms with van der Waals surface area (Å²) in [6, 6.07) is 6.98. The molecule has 1 aliphatic heterocycles. The van der Waals surface area contributed by atoms with Crippen LogP contribution >= 0.6 is 0 Å². The summed E-state index contributed by atoms with van der Waals surface area (Å²) in [7, 11) is 3.94. The zero-order valence-corrected chi connectivity index (χ0v) is 14.2. The lowest BCUT2D eigenvalue weighted by molar-refractivity contribution is 0.0761. The van der Waals surface area contributed by atoms with Gasteiger partial charge in [0.25, 0.3) is 11.8 Å². The number of amides is 2. The largest absolute Gasteiger partial charge is 0.351 e. The molecule has 5 heteroatoms. The van der Waals surface area contributed by atoms with E-state index in [0.29, 0.717) is 17.7 Å². The predicted molar refractivity (Wildman–Crippen MR) is 91.7 cm³/mol. The minimum Gasteiger partial charge on any atom is -0.351 e. The number of carbonyl (C=O) groups excluding carboxylic acids is 2. The fraction of sp³-hybridized carbons (Fsp3) is 0.556. The summed E-state index contributed by atoms with van der Waals surface area (Å²) >= 11 is 0. The number of hydrogen-bond donors (Lipinski definition) is 1. The van der Waals surface area contributed by atoms with Gasteiger partial charge in [-0.1, -0.05) is 12.8 Å². The van der Waals surface area contributed by atoms with Crippen LogP contribution < -0.4 is 5.32 Å². The first-order valence-electron chi connectivity index (χ1n) is 8.40. The summed E-state index contributed by atoms with van der Waals surface area (Å²) in [5, 5.41) is 2.87. The number of nitrogens with zero attached hydrogens (tertiary/aromatic N) is 2. The molecule has 0 atom stereocenters. The molecule has 126 valence electrons. The van der Waals surface area contributed by atoms with Gasteiger partial charge in [0.2, 0.25) is 0 Å². The lowest BCUT2D eigenvalue weighted by Gasteiger charge is -2.20. The zero-order valence-electron chi connectivity index (χ0n) is 14.2. The summed E-state index contributed by atoms with van der Waals surface area (Å²) in [6.07, 6.45) is 4.57. The zero-order chi connectivity index (χ0) is 16.7. The molecular weight excluding hydrogens is 290 g/mol. The Labute approximate surface area is 138 Å². The first-order chi connectivity index (χ1) is 11.1. The van der Waals surface area contributed by atoms with Crippen LogP contribution in [0.25, 0.3) is 0 Å². The number of rotatable bonds is 5. The van der Waals surface area contributed by atoms with Crippen LogP contribution in [0.1, 0.15) is 46.4 Å². The van der Waals surface area contributed by atoms with E-state index in [-0.39, 0.29) is 11.8 Å². The van der Waals surface area contributed by atoms with Crippen molar-refractivity contribution in [1.82, 2.24) is 15.1 Å². The van der Waals surface area contributed by atoms with Crippen LogP contribution in [0.4, 0.5) is 0 Å². The van der Waals surface area contributed by atoms with Crippen molar-refractivity contribution in [2.24, 2.45) is 0 Å². The Morgan fingerprint density at radius 3 is 2.13 bits per heavy atom. The third-order valence-electron chi connectivity index (χ3n) is 4.13. The number of likely N-dealkylation sites (tertiary alicyclic amines) is 1. The average Bonchev–Trinajstić information content (AvgIpc) is 2.83. The van der Waals surface area contributed by atoms with Crippen LogP contribution in [-0.2, 0) is 0 Å². The Kier molecular flexibility index (Phi) is 6.59. The topological polar surface area (TPSA) is 52.7 Å². The van der Waals surface area contributed by atoms with Gasteiger partial charge in [0.1, 0.15) is 0 Å². The second kappa shape index (κ2) is 8.67. The molecule has 0 unspecified atom stereocenters. The van der Waals surface area contributed by atoms with Gasteiger partial charge in [-0.25, -0.2) is 0 Å². The minimum atomic E-state index is -0.0966. The van der Waals surface area contributed by atoms with E-state index < -0.39 is 0 Å².